The van der Waals surface area contributed by atoms with Crippen molar-refractivity contribution in [1.29, 1.82) is 0 Å². The van der Waals surface area contributed by atoms with Crippen molar-refractivity contribution < 1.29 is 0 Å². The van der Waals surface area contributed by atoms with Crippen LogP contribution in [0.4, 0.5) is 0 Å². The Morgan fingerprint density at radius 1 is 1.46 bits per heavy atom. The molecule has 3 heteroatoms. The fraction of sp³-hybridized carbons (Fsp3) is 0.400. The Morgan fingerprint density at radius 3 is 2.92 bits per heavy atom. The molecule has 1 aliphatic heterocycles. The quantitative estimate of drug-likeness (QED) is 0.818. The fourth-order valence-corrected chi connectivity index (χ4v) is 2.14. The highest BCUT2D eigenvalue weighted by Gasteiger charge is 2.16. The molecule has 1 saturated heterocycles. The van der Waals surface area contributed by atoms with Crippen molar-refractivity contribution in [3.05, 3.63) is 33.3 Å². The lowest BCUT2D eigenvalue weighted by Crippen LogP contribution is -2.07. The van der Waals surface area contributed by atoms with E-state index in [2.05, 4.69) is 33.4 Å². The molecule has 1 aromatic rings. The number of hydrogen-bond acceptors (Lipinski definition) is 1. The molecule has 0 aromatic heterocycles. The normalized spacial score (nSPS) is 22.2. The van der Waals surface area contributed by atoms with E-state index in [4.69, 9.17) is 11.6 Å². The van der Waals surface area contributed by atoms with Gasteiger partial charge in [-0.1, -0.05) is 17.7 Å². The topological polar surface area (TPSA) is 12.0 Å². The zero-order valence-corrected chi connectivity index (χ0v) is 9.53. The van der Waals surface area contributed by atoms with Crippen LogP contribution >= 0.6 is 27.5 Å². The summed E-state index contributed by atoms with van der Waals surface area (Å²) in [7, 11) is 0. The van der Waals surface area contributed by atoms with Crippen molar-refractivity contribution in [3.8, 4) is 0 Å². The Balaban J connectivity index is 2.25. The van der Waals surface area contributed by atoms with Gasteiger partial charge in [-0.15, -0.1) is 0 Å². The summed E-state index contributed by atoms with van der Waals surface area (Å²) in [6.07, 6.45) is 1.22. The number of nitrogens with one attached hydrogen (secondary N) is 1. The van der Waals surface area contributed by atoms with E-state index in [1.165, 1.54) is 12.0 Å². The Morgan fingerprint density at radius 2 is 2.31 bits per heavy atom. The highest BCUT2D eigenvalue weighted by atomic mass is 79.9. The third-order valence-corrected chi connectivity index (χ3v) is 3.71. The van der Waals surface area contributed by atoms with Gasteiger partial charge in [0.15, 0.2) is 0 Å². The molecule has 13 heavy (non-hydrogen) atoms. The first-order valence-electron chi connectivity index (χ1n) is 4.43. The van der Waals surface area contributed by atoms with E-state index in [-0.39, 0.29) is 0 Å². The third kappa shape index (κ3) is 2.06. The fourth-order valence-electron chi connectivity index (χ4n) is 1.71. The highest BCUT2D eigenvalue weighted by molar-refractivity contribution is 9.10. The Bertz CT molecular complexity index is 308. The second-order valence-electron chi connectivity index (χ2n) is 3.36. The van der Waals surface area contributed by atoms with Crippen molar-refractivity contribution in [2.24, 2.45) is 0 Å². The van der Waals surface area contributed by atoms with Crippen molar-refractivity contribution in [2.45, 2.75) is 12.3 Å². The number of benzene rings is 1. The second-order valence-corrected chi connectivity index (χ2v) is 4.62. The van der Waals surface area contributed by atoms with Gasteiger partial charge < -0.3 is 5.32 Å². The van der Waals surface area contributed by atoms with E-state index in [0.29, 0.717) is 5.92 Å². The van der Waals surface area contributed by atoms with Gasteiger partial charge in [0.05, 0.1) is 5.02 Å². The van der Waals surface area contributed by atoms with Crippen molar-refractivity contribution in [3.63, 3.8) is 0 Å². The van der Waals surface area contributed by atoms with Crippen molar-refractivity contribution >= 4 is 27.5 Å². The lowest BCUT2D eigenvalue weighted by atomic mass is 9.99. The molecule has 1 aliphatic rings. The maximum atomic E-state index is 6.02. The van der Waals surface area contributed by atoms with E-state index in [1.54, 1.807) is 0 Å². The third-order valence-electron chi connectivity index (χ3n) is 2.48. The first-order chi connectivity index (χ1) is 6.27. The molecule has 1 nitrogen and oxygen atoms in total. The lowest BCUT2D eigenvalue weighted by molar-refractivity contribution is 0.763. The van der Waals surface area contributed by atoms with Gasteiger partial charge in [0.2, 0.25) is 0 Å². The summed E-state index contributed by atoms with van der Waals surface area (Å²) < 4.78 is 0.976. The molecule has 1 N–H and O–H groups in total. The Labute approximate surface area is 91.6 Å². The van der Waals surface area contributed by atoms with Crippen molar-refractivity contribution in [2.75, 3.05) is 13.1 Å². The molecule has 0 saturated carbocycles. The molecule has 1 heterocycles. The van der Waals surface area contributed by atoms with Gasteiger partial charge in [0, 0.05) is 11.0 Å². The summed E-state index contributed by atoms with van der Waals surface area (Å²) in [5.74, 6) is 0.644. The van der Waals surface area contributed by atoms with Gasteiger partial charge in [-0.05, 0) is 52.5 Å². The smallest absolute Gasteiger partial charge is 0.0550 e. The Kier molecular flexibility index (Phi) is 2.92. The SMILES string of the molecule is Clc1cc([C@H]2CCNC2)ccc1Br. The maximum Gasteiger partial charge on any atom is 0.0550 e. The number of halogens is 2. The second kappa shape index (κ2) is 3.99. The molecule has 70 valence electrons. The summed E-state index contributed by atoms with van der Waals surface area (Å²) in [6.45, 7) is 2.20. The average Bonchev–Trinajstić information content (AvgIpc) is 2.62. The first-order valence-corrected chi connectivity index (χ1v) is 5.60. The molecule has 0 bridgehead atoms. The van der Waals surface area contributed by atoms with E-state index in [1.807, 2.05) is 6.07 Å². The van der Waals surface area contributed by atoms with E-state index in [0.717, 1.165) is 22.6 Å². The van der Waals surface area contributed by atoms with E-state index >= 15 is 0 Å². The minimum absolute atomic E-state index is 0.644. The number of hydrogen-bond donors (Lipinski definition) is 1. The zero-order chi connectivity index (χ0) is 9.26. The van der Waals surface area contributed by atoms with Crippen LogP contribution in [0.5, 0.6) is 0 Å². The van der Waals surface area contributed by atoms with Crippen LogP contribution in [0.1, 0.15) is 17.9 Å². The molecular formula is C10H11BrClN. The van der Waals surface area contributed by atoms with Crippen LogP contribution in [-0.2, 0) is 0 Å². The zero-order valence-electron chi connectivity index (χ0n) is 7.19. The van der Waals surface area contributed by atoms with E-state index < -0.39 is 0 Å². The van der Waals surface area contributed by atoms with Gasteiger partial charge in [-0.3, -0.25) is 0 Å². The molecule has 0 aliphatic carbocycles. The van der Waals surface area contributed by atoms with Gasteiger partial charge >= 0.3 is 0 Å². The summed E-state index contributed by atoms with van der Waals surface area (Å²) in [5.41, 5.74) is 1.35. The molecule has 0 amide bonds. The highest BCUT2D eigenvalue weighted by Crippen LogP contribution is 2.29. The molecule has 1 aromatic carbocycles. The van der Waals surface area contributed by atoms with Crippen LogP contribution < -0.4 is 5.32 Å². The van der Waals surface area contributed by atoms with Crippen molar-refractivity contribution in [1.82, 2.24) is 5.32 Å². The first kappa shape index (κ1) is 9.50. The van der Waals surface area contributed by atoms with Gasteiger partial charge in [0.1, 0.15) is 0 Å². The van der Waals surface area contributed by atoms with Crippen LogP contribution in [-0.4, -0.2) is 13.1 Å². The molecule has 1 atom stereocenters. The number of rotatable bonds is 1. The summed E-state index contributed by atoms with van der Waals surface area (Å²) in [6, 6.07) is 6.23. The minimum Gasteiger partial charge on any atom is -0.316 e. The monoisotopic (exact) mass is 259 g/mol. The lowest BCUT2D eigenvalue weighted by Gasteiger charge is -2.09. The molecule has 1 fully saturated rings. The van der Waals surface area contributed by atoms with Gasteiger partial charge in [-0.25, -0.2) is 0 Å². The summed E-state index contributed by atoms with van der Waals surface area (Å²) in [5, 5.41) is 4.16. The largest absolute Gasteiger partial charge is 0.316 e. The predicted octanol–water partition coefficient (Wildman–Crippen LogP) is 3.18. The Hall–Kier alpha value is -0.0500. The average molecular weight is 261 g/mol. The summed E-state index contributed by atoms with van der Waals surface area (Å²) in [4.78, 5) is 0. The van der Waals surface area contributed by atoms with Crippen LogP contribution in [0.3, 0.4) is 0 Å². The maximum absolute atomic E-state index is 6.02. The minimum atomic E-state index is 0.644. The van der Waals surface area contributed by atoms with Crippen LogP contribution in [0.15, 0.2) is 22.7 Å². The van der Waals surface area contributed by atoms with Crippen LogP contribution in [0.25, 0.3) is 0 Å². The summed E-state index contributed by atoms with van der Waals surface area (Å²) >= 11 is 9.42. The molecular weight excluding hydrogens is 249 g/mol. The van der Waals surface area contributed by atoms with Gasteiger partial charge in [-0.2, -0.15) is 0 Å². The molecule has 0 spiro atoms. The van der Waals surface area contributed by atoms with Gasteiger partial charge in [0.25, 0.3) is 0 Å². The molecule has 0 radical (unpaired) electrons. The predicted molar refractivity (Wildman–Crippen MR) is 59.4 cm³/mol. The van der Waals surface area contributed by atoms with E-state index in [9.17, 15) is 0 Å². The van der Waals surface area contributed by atoms with Crippen LogP contribution in [0, 0.1) is 0 Å². The standard InChI is InChI=1S/C10H11BrClN/c11-9-2-1-7(5-10(9)12)8-3-4-13-6-8/h1-2,5,8,13H,3-4,6H2/t8-/m0/s1. The molecule has 2 rings (SSSR count). The van der Waals surface area contributed by atoms with Crippen LogP contribution in [0.2, 0.25) is 5.02 Å². The molecule has 0 unspecified atom stereocenters.